The Bertz CT molecular complexity index is 717. The number of hydrogen-bond donors (Lipinski definition) is 1. The highest BCUT2D eigenvalue weighted by molar-refractivity contribution is 5.75. The normalized spacial score (nSPS) is 16.2. The number of aryl methyl sites for hydroxylation is 3. The van der Waals surface area contributed by atoms with Crippen molar-refractivity contribution >= 4 is 5.91 Å². The number of nitrogens with zero attached hydrogens (tertiary/aromatic N) is 1. The van der Waals surface area contributed by atoms with Crippen molar-refractivity contribution in [3.63, 3.8) is 0 Å². The Morgan fingerprint density at radius 3 is 2.52 bits per heavy atom. The summed E-state index contributed by atoms with van der Waals surface area (Å²) in [5.41, 5.74) is 2.55. The van der Waals surface area contributed by atoms with Crippen LogP contribution in [0.3, 0.4) is 0 Å². The van der Waals surface area contributed by atoms with Gasteiger partial charge in [0.05, 0.1) is 19.3 Å². The summed E-state index contributed by atoms with van der Waals surface area (Å²) in [7, 11) is 0. The van der Waals surface area contributed by atoms with Crippen LogP contribution in [0.4, 0.5) is 0 Å². The lowest BCUT2D eigenvalue weighted by atomic mass is 10.1. The molecule has 1 N–H and O–H groups in total. The molecule has 0 radical (unpaired) electrons. The molecule has 146 valence electrons. The number of amides is 1. The van der Waals surface area contributed by atoms with E-state index in [0.29, 0.717) is 13.0 Å². The lowest BCUT2D eigenvalue weighted by Gasteiger charge is -2.33. The molecular formula is C22H30N2O3. The summed E-state index contributed by atoms with van der Waals surface area (Å²) in [6, 6.07) is 12.6. The standard InChI is InChI=1S/C22H30N2O3/c1-17-6-9-19(10-7-17)4-3-5-22(25)23-16-20(21-11-8-18(2)27-21)24-12-14-26-15-13-24/h6-11,20H,3-5,12-16H2,1-2H3,(H,23,25). The Labute approximate surface area is 161 Å². The van der Waals surface area contributed by atoms with E-state index in [2.05, 4.69) is 41.4 Å². The van der Waals surface area contributed by atoms with Gasteiger partial charge in [-0.25, -0.2) is 0 Å². The molecule has 0 saturated carbocycles. The molecule has 1 fully saturated rings. The second-order valence-corrected chi connectivity index (χ2v) is 7.26. The molecule has 1 aliphatic heterocycles. The Hall–Kier alpha value is -2.11. The summed E-state index contributed by atoms with van der Waals surface area (Å²) in [5, 5.41) is 3.10. The van der Waals surface area contributed by atoms with E-state index in [-0.39, 0.29) is 11.9 Å². The molecular weight excluding hydrogens is 340 g/mol. The molecule has 0 spiro atoms. The summed E-state index contributed by atoms with van der Waals surface area (Å²) in [4.78, 5) is 14.7. The number of nitrogens with one attached hydrogen (secondary N) is 1. The van der Waals surface area contributed by atoms with Gasteiger partial charge in [-0.15, -0.1) is 0 Å². The first-order valence-electron chi connectivity index (χ1n) is 9.82. The quantitative estimate of drug-likeness (QED) is 0.774. The van der Waals surface area contributed by atoms with E-state index >= 15 is 0 Å². The largest absolute Gasteiger partial charge is 0.465 e. The minimum Gasteiger partial charge on any atom is -0.465 e. The van der Waals surface area contributed by atoms with Crippen LogP contribution >= 0.6 is 0 Å². The maximum atomic E-state index is 12.3. The van der Waals surface area contributed by atoms with Crippen LogP contribution in [0.15, 0.2) is 40.8 Å². The zero-order valence-electron chi connectivity index (χ0n) is 16.4. The molecule has 1 atom stereocenters. The summed E-state index contributed by atoms with van der Waals surface area (Å²) >= 11 is 0. The van der Waals surface area contributed by atoms with Crippen molar-refractivity contribution in [2.45, 2.75) is 39.2 Å². The van der Waals surface area contributed by atoms with Crippen LogP contribution in [-0.2, 0) is 16.0 Å². The van der Waals surface area contributed by atoms with Crippen molar-refractivity contribution in [2.24, 2.45) is 0 Å². The van der Waals surface area contributed by atoms with Crippen LogP contribution in [0.1, 0.15) is 41.5 Å². The number of carbonyl (C=O) groups excluding carboxylic acids is 1. The van der Waals surface area contributed by atoms with Crippen LogP contribution in [0.25, 0.3) is 0 Å². The minimum atomic E-state index is 0.0589. The van der Waals surface area contributed by atoms with E-state index < -0.39 is 0 Å². The molecule has 0 aliphatic carbocycles. The fraction of sp³-hybridized carbons (Fsp3) is 0.500. The lowest BCUT2D eigenvalue weighted by molar-refractivity contribution is -0.121. The van der Waals surface area contributed by atoms with Crippen LogP contribution in [-0.4, -0.2) is 43.7 Å². The topological polar surface area (TPSA) is 54.7 Å². The van der Waals surface area contributed by atoms with E-state index in [4.69, 9.17) is 9.15 Å². The average molecular weight is 370 g/mol. The van der Waals surface area contributed by atoms with Crippen molar-refractivity contribution in [3.8, 4) is 0 Å². The maximum absolute atomic E-state index is 12.3. The third kappa shape index (κ3) is 5.94. The molecule has 2 heterocycles. The van der Waals surface area contributed by atoms with Crippen LogP contribution in [0, 0.1) is 13.8 Å². The van der Waals surface area contributed by atoms with Gasteiger partial charge >= 0.3 is 0 Å². The smallest absolute Gasteiger partial charge is 0.220 e. The van der Waals surface area contributed by atoms with Crippen molar-refractivity contribution in [3.05, 3.63) is 59.0 Å². The zero-order chi connectivity index (χ0) is 19.1. The highest BCUT2D eigenvalue weighted by Crippen LogP contribution is 2.23. The highest BCUT2D eigenvalue weighted by atomic mass is 16.5. The molecule has 2 aromatic rings. The van der Waals surface area contributed by atoms with Gasteiger partial charge in [0, 0.05) is 26.1 Å². The van der Waals surface area contributed by atoms with Crippen molar-refractivity contribution in [2.75, 3.05) is 32.8 Å². The number of carbonyl (C=O) groups is 1. The summed E-state index contributed by atoms with van der Waals surface area (Å²) in [6.45, 7) is 7.76. The zero-order valence-corrected chi connectivity index (χ0v) is 16.4. The van der Waals surface area contributed by atoms with Gasteiger partial charge in [-0.3, -0.25) is 9.69 Å². The molecule has 0 bridgehead atoms. The van der Waals surface area contributed by atoms with Gasteiger partial charge in [0.25, 0.3) is 0 Å². The van der Waals surface area contributed by atoms with Gasteiger partial charge in [0.1, 0.15) is 11.5 Å². The molecule has 1 aromatic carbocycles. The second-order valence-electron chi connectivity index (χ2n) is 7.26. The SMILES string of the molecule is Cc1ccc(CCCC(=O)NCC(c2ccc(C)o2)N2CCOCC2)cc1. The lowest BCUT2D eigenvalue weighted by Crippen LogP contribution is -2.43. The van der Waals surface area contributed by atoms with E-state index in [1.165, 1.54) is 11.1 Å². The summed E-state index contributed by atoms with van der Waals surface area (Å²) < 4.78 is 11.3. The van der Waals surface area contributed by atoms with Gasteiger partial charge in [-0.2, -0.15) is 0 Å². The molecule has 1 amide bonds. The number of benzene rings is 1. The third-order valence-corrected chi connectivity index (χ3v) is 5.06. The monoisotopic (exact) mass is 370 g/mol. The predicted octanol–water partition coefficient (Wildman–Crippen LogP) is 3.41. The van der Waals surface area contributed by atoms with E-state index in [9.17, 15) is 4.79 Å². The number of morpholine rings is 1. The molecule has 1 saturated heterocycles. The van der Waals surface area contributed by atoms with Crippen molar-refractivity contribution in [1.82, 2.24) is 10.2 Å². The van der Waals surface area contributed by atoms with Crippen LogP contribution < -0.4 is 5.32 Å². The van der Waals surface area contributed by atoms with Crippen LogP contribution in [0.2, 0.25) is 0 Å². The maximum Gasteiger partial charge on any atom is 0.220 e. The van der Waals surface area contributed by atoms with Gasteiger partial charge in [-0.05, 0) is 44.4 Å². The van der Waals surface area contributed by atoms with Gasteiger partial charge < -0.3 is 14.5 Å². The number of rotatable bonds is 8. The van der Waals surface area contributed by atoms with Crippen molar-refractivity contribution in [1.29, 1.82) is 0 Å². The van der Waals surface area contributed by atoms with E-state index in [1.807, 2.05) is 19.1 Å². The highest BCUT2D eigenvalue weighted by Gasteiger charge is 2.25. The number of hydrogen-bond acceptors (Lipinski definition) is 4. The van der Waals surface area contributed by atoms with E-state index in [1.54, 1.807) is 0 Å². The van der Waals surface area contributed by atoms with Crippen LogP contribution in [0.5, 0.6) is 0 Å². The molecule has 1 unspecified atom stereocenters. The van der Waals surface area contributed by atoms with Gasteiger partial charge in [-0.1, -0.05) is 29.8 Å². The number of ether oxygens (including phenoxy) is 1. The molecule has 1 aliphatic rings. The molecule has 5 heteroatoms. The Morgan fingerprint density at radius 1 is 1.11 bits per heavy atom. The fourth-order valence-electron chi connectivity index (χ4n) is 3.44. The molecule has 5 nitrogen and oxygen atoms in total. The average Bonchev–Trinajstić information content (AvgIpc) is 3.10. The van der Waals surface area contributed by atoms with Crippen molar-refractivity contribution < 1.29 is 13.9 Å². The first-order valence-corrected chi connectivity index (χ1v) is 9.82. The Balaban J connectivity index is 1.48. The van der Waals surface area contributed by atoms with E-state index in [0.717, 1.165) is 50.7 Å². The first kappa shape index (κ1) is 19.6. The molecule has 27 heavy (non-hydrogen) atoms. The molecule has 3 rings (SSSR count). The summed E-state index contributed by atoms with van der Waals surface area (Å²) in [5.74, 6) is 1.91. The third-order valence-electron chi connectivity index (χ3n) is 5.06. The fourth-order valence-corrected chi connectivity index (χ4v) is 3.44. The van der Waals surface area contributed by atoms with Gasteiger partial charge in [0.2, 0.25) is 5.91 Å². The Kier molecular flexibility index (Phi) is 7.07. The second kappa shape index (κ2) is 9.72. The predicted molar refractivity (Wildman–Crippen MR) is 106 cm³/mol. The first-order chi connectivity index (χ1) is 13.1. The number of furan rings is 1. The Morgan fingerprint density at radius 2 is 1.85 bits per heavy atom. The molecule has 1 aromatic heterocycles. The summed E-state index contributed by atoms with van der Waals surface area (Å²) in [6.07, 6.45) is 2.33. The van der Waals surface area contributed by atoms with Gasteiger partial charge in [0.15, 0.2) is 0 Å². The minimum absolute atomic E-state index is 0.0589.